The number of imidazole rings is 2. The Morgan fingerprint density at radius 1 is 0.732 bits per heavy atom. The Hall–Kier alpha value is -5.22. The molecule has 6 rings (SSSR count). The summed E-state index contributed by atoms with van der Waals surface area (Å²) >= 11 is 0. The van der Waals surface area contributed by atoms with Gasteiger partial charge in [0.05, 0.1) is 62.3 Å². The van der Waals surface area contributed by atoms with Crippen LogP contribution in [0.1, 0.15) is 99.7 Å². The fourth-order valence-electron chi connectivity index (χ4n) is 8.03. The zero-order valence-corrected chi connectivity index (χ0v) is 33.0. The van der Waals surface area contributed by atoms with Crippen molar-refractivity contribution >= 4 is 29.6 Å². The molecule has 0 saturated carbocycles. The highest BCUT2D eigenvalue weighted by atomic mass is 16.5. The van der Waals surface area contributed by atoms with Crippen LogP contribution < -0.4 is 10.6 Å². The number of amides is 4. The average Bonchev–Trinajstić information content (AvgIpc) is 4.08. The Bertz CT molecular complexity index is 1870. The molecule has 1 aliphatic carbocycles. The first kappa shape index (κ1) is 40.4. The van der Waals surface area contributed by atoms with Gasteiger partial charge in [0.25, 0.3) is 0 Å². The summed E-state index contributed by atoms with van der Waals surface area (Å²) in [5, 5.41) is 5.26. The maximum Gasteiger partial charge on any atom is 0.407 e. The average molecular weight is 775 g/mol. The molecule has 4 amide bonds. The highest BCUT2D eigenvalue weighted by Gasteiger charge is 2.40. The van der Waals surface area contributed by atoms with E-state index >= 15 is 0 Å². The molecule has 16 nitrogen and oxygen atoms in total. The van der Waals surface area contributed by atoms with Gasteiger partial charge in [0.15, 0.2) is 0 Å². The highest BCUT2D eigenvalue weighted by Crippen LogP contribution is 2.38. The van der Waals surface area contributed by atoms with Crippen LogP contribution in [0.2, 0.25) is 0 Å². The normalized spacial score (nSPS) is 21.8. The lowest BCUT2D eigenvalue weighted by Crippen LogP contribution is -2.54. The van der Waals surface area contributed by atoms with Crippen LogP contribution in [-0.2, 0) is 28.5 Å². The van der Waals surface area contributed by atoms with Crippen molar-refractivity contribution in [3.05, 3.63) is 65.6 Å². The Kier molecular flexibility index (Phi) is 13.1. The van der Waals surface area contributed by atoms with Gasteiger partial charge < -0.3 is 49.3 Å². The second kappa shape index (κ2) is 18.2. The molecular weight excluding hydrogens is 720 g/mol. The molecule has 2 aliphatic heterocycles. The maximum atomic E-state index is 13.6. The summed E-state index contributed by atoms with van der Waals surface area (Å²) in [7, 11) is 5.53. The molecule has 2 aromatic heterocycles. The lowest BCUT2D eigenvalue weighted by molar-refractivity contribution is -0.138. The SMILES string of the molecule is COC(=O)N[C@H](C(=O)N1CCC[C@H]1c1ncc(-c2ccc(C3CC=C(c4cnc([C@@H]5CCCN5C(=O)[C@H](NC(=O)OC)[C@H](C)OC)[nH]4)CC3)cc2)[nH]1)[C@@H](C)OC. The van der Waals surface area contributed by atoms with Gasteiger partial charge in [-0.2, -0.15) is 0 Å². The van der Waals surface area contributed by atoms with Crippen LogP contribution >= 0.6 is 0 Å². The van der Waals surface area contributed by atoms with Crippen LogP contribution in [-0.4, -0.2) is 120 Å². The van der Waals surface area contributed by atoms with Crippen molar-refractivity contribution in [1.29, 1.82) is 0 Å². The predicted octanol–water partition coefficient (Wildman–Crippen LogP) is 5.00. The summed E-state index contributed by atoms with van der Waals surface area (Å²) in [4.78, 5) is 71.1. The number of benzene rings is 1. The number of hydrogen-bond acceptors (Lipinski definition) is 10. The third-order valence-corrected chi connectivity index (χ3v) is 11.5. The second-order valence-electron chi connectivity index (χ2n) is 14.7. The van der Waals surface area contributed by atoms with Gasteiger partial charge in [0.1, 0.15) is 23.7 Å². The van der Waals surface area contributed by atoms with E-state index < -0.39 is 36.5 Å². The number of aromatic nitrogens is 4. The number of nitrogens with one attached hydrogen (secondary N) is 4. The largest absolute Gasteiger partial charge is 0.453 e. The molecular formula is C40H54N8O8. The quantitative estimate of drug-likeness (QED) is 0.184. The second-order valence-corrected chi connectivity index (χ2v) is 14.7. The van der Waals surface area contributed by atoms with E-state index in [-0.39, 0.29) is 23.9 Å². The predicted molar refractivity (Wildman–Crippen MR) is 206 cm³/mol. The number of likely N-dealkylation sites (tertiary alicyclic amines) is 2. The van der Waals surface area contributed by atoms with Crippen molar-refractivity contribution in [3.63, 3.8) is 0 Å². The Morgan fingerprint density at radius 3 is 1.70 bits per heavy atom. The monoisotopic (exact) mass is 774 g/mol. The minimum atomic E-state index is -0.888. The van der Waals surface area contributed by atoms with E-state index in [9.17, 15) is 19.2 Å². The molecule has 56 heavy (non-hydrogen) atoms. The number of carbonyl (C=O) groups is 4. The zero-order valence-electron chi connectivity index (χ0n) is 33.0. The highest BCUT2D eigenvalue weighted by molar-refractivity contribution is 5.87. The first-order valence-corrected chi connectivity index (χ1v) is 19.3. The van der Waals surface area contributed by atoms with Crippen molar-refractivity contribution in [2.45, 2.75) is 101 Å². The molecule has 7 atom stereocenters. The smallest absolute Gasteiger partial charge is 0.407 e. The minimum Gasteiger partial charge on any atom is -0.453 e. The molecule has 2 saturated heterocycles. The van der Waals surface area contributed by atoms with Crippen LogP contribution in [0.3, 0.4) is 0 Å². The van der Waals surface area contributed by atoms with E-state index in [1.54, 1.807) is 29.8 Å². The van der Waals surface area contributed by atoms with Gasteiger partial charge in [-0.25, -0.2) is 19.6 Å². The summed E-state index contributed by atoms with van der Waals surface area (Å²) < 4.78 is 20.3. The summed E-state index contributed by atoms with van der Waals surface area (Å²) in [6, 6.07) is 6.32. The Balaban J connectivity index is 1.07. The van der Waals surface area contributed by atoms with Gasteiger partial charge in [-0.15, -0.1) is 0 Å². The van der Waals surface area contributed by atoms with E-state index in [2.05, 4.69) is 55.9 Å². The van der Waals surface area contributed by atoms with Gasteiger partial charge in [-0.1, -0.05) is 30.3 Å². The molecule has 3 aliphatic rings. The fraction of sp³-hybridized carbons (Fsp3) is 0.550. The molecule has 16 heteroatoms. The van der Waals surface area contributed by atoms with Gasteiger partial charge in [0, 0.05) is 27.3 Å². The van der Waals surface area contributed by atoms with Crippen molar-refractivity contribution in [2.75, 3.05) is 41.5 Å². The zero-order chi connectivity index (χ0) is 39.9. The molecule has 1 aromatic carbocycles. The van der Waals surface area contributed by atoms with E-state index in [0.717, 1.165) is 67.7 Å². The molecule has 0 radical (unpaired) electrons. The summed E-state index contributed by atoms with van der Waals surface area (Å²) in [6.07, 6.45) is 9.41. The van der Waals surface area contributed by atoms with E-state index in [4.69, 9.17) is 23.9 Å². The Morgan fingerprint density at radius 2 is 1.23 bits per heavy atom. The third-order valence-electron chi connectivity index (χ3n) is 11.5. The molecule has 2 fully saturated rings. The van der Waals surface area contributed by atoms with Gasteiger partial charge in [0.2, 0.25) is 11.8 Å². The number of methoxy groups -OCH3 is 4. The number of carbonyl (C=O) groups excluding carboxylic acids is 4. The lowest BCUT2D eigenvalue weighted by Gasteiger charge is -2.30. The number of rotatable bonds is 13. The standard InChI is InChI=1S/C40H54N8O8/c1-23(53-3)33(45-39(51)55-5)37(49)47-19-7-9-31(47)35-41-21-29(43-35)27-15-11-25(12-16-27)26-13-17-28(18-14-26)30-22-42-36(44-30)32-10-8-20-48(32)38(50)34(24(2)54-4)46-40(52)56-6/h11-12,15-17,21-24,26,31-34H,7-10,13-14,18-20H2,1-6H3,(H,41,43)(H,42,44)(H,45,51)(H,46,52)/t23-,24+,26?,31+,32+,33+,34-/m1/s1. The van der Waals surface area contributed by atoms with Crippen LogP contribution in [0.25, 0.3) is 16.8 Å². The van der Waals surface area contributed by atoms with Crippen molar-refractivity contribution in [2.24, 2.45) is 0 Å². The number of aromatic amines is 2. The van der Waals surface area contributed by atoms with E-state index in [1.807, 2.05) is 6.20 Å². The van der Waals surface area contributed by atoms with Crippen LogP contribution in [0.4, 0.5) is 9.59 Å². The summed E-state index contributed by atoms with van der Waals surface area (Å²) in [6.45, 7) is 4.60. The summed E-state index contributed by atoms with van der Waals surface area (Å²) in [5.74, 6) is 1.35. The van der Waals surface area contributed by atoms with Gasteiger partial charge in [-0.05, 0) is 81.4 Å². The minimum absolute atomic E-state index is 0.226. The number of ether oxygens (including phenoxy) is 4. The van der Waals surface area contributed by atoms with Crippen LogP contribution in [0, 0.1) is 0 Å². The molecule has 0 bridgehead atoms. The van der Waals surface area contributed by atoms with E-state index in [0.29, 0.717) is 24.8 Å². The number of nitrogens with zero attached hydrogens (tertiary/aromatic N) is 4. The number of H-pyrrole nitrogens is 2. The fourth-order valence-corrected chi connectivity index (χ4v) is 8.03. The molecule has 1 unspecified atom stereocenters. The van der Waals surface area contributed by atoms with Crippen molar-refractivity contribution in [3.8, 4) is 11.3 Å². The molecule has 4 heterocycles. The molecule has 302 valence electrons. The maximum absolute atomic E-state index is 13.6. The molecule has 0 spiro atoms. The van der Waals surface area contributed by atoms with Crippen LogP contribution in [0.5, 0.6) is 0 Å². The number of hydrogen-bond donors (Lipinski definition) is 4. The summed E-state index contributed by atoms with van der Waals surface area (Å²) in [5.41, 5.74) is 5.30. The van der Waals surface area contributed by atoms with Crippen LogP contribution in [0.15, 0.2) is 42.7 Å². The molecule has 4 N–H and O–H groups in total. The third kappa shape index (κ3) is 8.76. The number of allylic oxidation sites excluding steroid dienone is 2. The van der Waals surface area contributed by atoms with E-state index in [1.165, 1.54) is 39.6 Å². The Labute approximate surface area is 327 Å². The first-order valence-electron chi connectivity index (χ1n) is 19.3. The van der Waals surface area contributed by atoms with Crippen molar-refractivity contribution in [1.82, 2.24) is 40.4 Å². The van der Waals surface area contributed by atoms with Gasteiger partial charge in [-0.3, -0.25) is 9.59 Å². The lowest BCUT2D eigenvalue weighted by atomic mass is 9.83. The van der Waals surface area contributed by atoms with Gasteiger partial charge >= 0.3 is 12.2 Å². The van der Waals surface area contributed by atoms with Crippen molar-refractivity contribution < 1.29 is 38.1 Å². The first-order chi connectivity index (χ1) is 27.1. The molecule has 3 aromatic rings. The topological polar surface area (TPSA) is 193 Å². The number of alkyl carbamates (subject to hydrolysis) is 2.